The minimum atomic E-state index is 1.05. The lowest BCUT2D eigenvalue weighted by Crippen LogP contribution is -1.80. The van der Waals surface area contributed by atoms with Gasteiger partial charge in [0.2, 0.25) is 0 Å². The molecule has 0 unspecified atom stereocenters. The molecule has 0 amide bonds. The standard InChI is InChI=1S/C8H15S/c1-3-5-7-9-8-6-4-2/h1,3H,4-8H2,2H3. The van der Waals surface area contributed by atoms with E-state index < -0.39 is 0 Å². The van der Waals surface area contributed by atoms with Gasteiger partial charge in [-0.1, -0.05) is 26.0 Å². The third-order valence-electron chi connectivity index (χ3n) is 1.07. The molecule has 0 aliphatic rings. The molecule has 53 valence electrons. The highest BCUT2D eigenvalue weighted by molar-refractivity contribution is 7.99. The molecule has 0 nitrogen and oxygen atoms in total. The van der Waals surface area contributed by atoms with Gasteiger partial charge in [0.1, 0.15) is 0 Å². The predicted octanol–water partition coefficient (Wildman–Crippen LogP) is 2.90. The summed E-state index contributed by atoms with van der Waals surface area (Å²) in [5, 5.41) is 0. The lowest BCUT2D eigenvalue weighted by atomic mass is 10.4. The Hall–Kier alpha value is 0.0900. The Labute approximate surface area is 62.7 Å². The number of unbranched alkanes of at least 4 members (excludes halogenated alkanes) is 1. The SMILES string of the molecule is [CH]=CCCSCCCC. The third-order valence-corrected chi connectivity index (χ3v) is 2.17. The van der Waals surface area contributed by atoms with Gasteiger partial charge in [-0.3, -0.25) is 0 Å². The quantitative estimate of drug-likeness (QED) is 0.515. The highest BCUT2D eigenvalue weighted by Gasteiger charge is 1.84. The normalized spacial score (nSPS) is 9.44. The van der Waals surface area contributed by atoms with Crippen LogP contribution in [0.25, 0.3) is 0 Å². The molecular formula is C8H15S. The molecule has 0 N–H and O–H groups in total. The average Bonchev–Trinajstić information content (AvgIpc) is 1.89. The van der Waals surface area contributed by atoms with E-state index in [2.05, 4.69) is 6.92 Å². The van der Waals surface area contributed by atoms with Crippen molar-refractivity contribution in [3.63, 3.8) is 0 Å². The zero-order valence-electron chi connectivity index (χ0n) is 6.10. The Bertz CT molecular complexity index is 59.6. The average molecular weight is 143 g/mol. The summed E-state index contributed by atoms with van der Waals surface area (Å²) in [5.74, 6) is 2.49. The van der Waals surface area contributed by atoms with E-state index in [4.69, 9.17) is 6.58 Å². The van der Waals surface area contributed by atoms with E-state index in [1.807, 2.05) is 11.8 Å². The first-order valence-electron chi connectivity index (χ1n) is 3.53. The maximum Gasteiger partial charge on any atom is -0.00328 e. The number of hydrogen-bond donors (Lipinski definition) is 0. The molecule has 0 atom stereocenters. The van der Waals surface area contributed by atoms with Crippen molar-refractivity contribution in [3.8, 4) is 0 Å². The van der Waals surface area contributed by atoms with Gasteiger partial charge in [-0.05, 0) is 24.3 Å². The Kier molecular flexibility index (Phi) is 8.17. The summed E-state index contributed by atoms with van der Waals surface area (Å²) in [4.78, 5) is 0. The predicted molar refractivity (Wildman–Crippen MR) is 45.7 cm³/mol. The minimum Gasteiger partial charge on any atom is -0.162 e. The van der Waals surface area contributed by atoms with E-state index in [9.17, 15) is 0 Å². The summed E-state index contributed by atoms with van der Waals surface area (Å²) in [6.07, 6.45) is 5.43. The second kappa shape index (κ2) is 8.09. The van der Waals surface area contributed by atoms with Gasteiger partial charge in [0.05, 0.1) is 0 Å². The van der Waals surface area contributed by atoms with Gasteiger partial charge in [0, 0.05) is 0 Å². The fourth-order valence-electron chi connectivity index (χ4n) is 0.500. The van der Waals surface area contributed by atoms with Gasteiger partial charge in [-0.15, -0.1) is 0 Å². The lowest BCUT2D eigenvalue weighted by molar-refractivity contribution is 0.896. The number of hydrogen-bond acceptors (Lipinski definition) is 1. The molecule has 0 fully saturated rings. The number of allylic oxidation sites excluding steroid dienone is 1. The van der Waals surface area contributed by atoms with Gasteiger partial charge >= 0.3 is 0 Å². The molecule has 0 aliphatic carbocycles. The zero-order valence-corrected chi connectivity index (χ0v) is 6.91. The van der Waals surface area contributed by atoms with Gasteiger partial charge in [-0.25, -0.2) is 0 Å². The first kappa shape index (κ1) is 9.09. The van der Waals surface area contributed by atoms with Crippen molar-refractivity contribution in [1.82, 2.24) is 0 Å². The van der Waals surface area contributed by atoms with E-state index in [1.54, 1.807) is 6.08 Å². The van der Waals surface area contributed by atoms with Crippen molar-refractivity contribution in [2.75, 3.05) is 11.5 Å². The third kappa shape index (κ3) is 8.09. The number of rotatable bonds is 6. The van der Waals surface area contributed by atoms with Crippen LogP contribution in [-0.2, 0) is 0 Å². The smallest absolute Gasteiger partial charge is 0.00328 e. The molecule has 0 aliphatic heterocycles. The minimum absolute atomic E-state index is 1.05. The summed E-state index contributed by atoms with van der Waals surface area (Å²) in [5.41, 5.74) is 0. The molecule has 0 bridgehead atoms. The van der Waals surface area contributed by atoms with Crippen LogP contribution in [0.5, 0.6) is 0 Å². The Morgan fingerprint density at radius 3 is 2.78 bits per heavy atom. The van der Waals surface area contributed by atoms with Crippen molar-refractivity contribution >= 4 is 11.8 Å². The molecular weight excluding hydrogens is 128 g/mol. The summed E-state index contributed by atoms with van der Waals surface area (Å²) in [6.45, 7) is 7.42. The van der Waals surface area contributed by atoms with Crippen LogP contribution in [0, 0.1) is 6.58 Å². The van der Waals surface area contributed by atoms with Gasteiger partial charge in [0.15, 0.2) is 0 Å². The lowest BCUT2D eigenvalue weighted by Gasteiger charge is -1.94. The fourth-order valence-corrected chi connectivity index (χ4v) is 1.50. The van der Waals surface area contributed by atoms with Crippen molar-refractivity contribution in [2.24, 2.45) is 0 Å². The van der Waals surface area contributed by atoms with Crippen LogP contribution in [0.3, 0.4) is 0 Å². The van der Waals surface area contributed by atoms with Crippen molar-refractivity contribution in [3.05, 3.63) is 12.7 Å². The van der Waals surface area contributed by atoms with Crippen molar-refractivity contribution < 1.29 is 0 Å². The Balaban J connectivity index is 2.66. The van der Waals surface area contributed by atoms with Gasteiger partial charge < -0.3 is 0 Å². The van der Waals surface area contributed by atoms with Crippen LogP contribution in [-0.4, -0.2) is 11.5 Å². The monoisotopic (exact) mass is 143 g/mol. The molecule has 1 heteroatoms. The Morgan fingerprint density at radius 2 is 2.22 bits per heavy atom. The topological polar surface area (TPSA) is 0 Å². The van der Waals surface area contributed by atoms with Gasteiger partial charge in [-0.2, -0.15) is 11.8 Å². The van der Waals surface area contributed by atoms with Crippen LogP contribution in [0.2, 0.25) is 0 Å². The molecule has 0 rings (SSSR count). The van der Waals surface area contributed by atoms with Crippen LogP contribution < -0.4 is 0 Å². The maximum absolute atomic E-state index is 5.20. The zero-order chi connectivity index (χ0) is 6.95. The first-order valence-corrected chi connectivity index (χ1v) is 4.68. The molecule has 9 heavy (non-hydrogen) atoms. The first-order chi connectivity index (χ1) is 4.41. The Morgan fingerprint density at radius 1 is 1.44 bits per heavy atom. The summed E-state index contributed by atoms with van der Waals surface area (Å²) < 4.78 is 0. The second-order valence-corrected chi connectivity index (χ2v) is 3.22. The van der Waals surface area contributed by atoms with E-state index in [1.165, 1.54) is 24.3 Å². The summed E-state index contributed by atoms with van der Waals surface area (Å²) in [6, 6.07) is 0. The second-order valence-electron chi connectivity index (χ2n) is 1.99. The molecule has 0 saturated heterocycles. The molecule has 1 radical (unpaired) electrons. The van der Waals surface area contributed by atoms with E-state index in [0.717, 1.165) is 6.42 Å². The molecule has 0 aromatic heterocycles. The summed E-state index contributed by atoms with van der Waals surface area (Å²) in [7, 11) is 0. The van der Waals surface area contributed by atoms with Crippen LogP contribution in [0.4, 0.5) is 0 Å². The van der Waals surface area contributed by atoms with E-state index in [0.29, 0.717) is 0 Å². The summed E-state index contributed by atoms with van der Waals surface area (Å²) >= 11 is 1.99. The largest absolute Gasteiger partial charge is 0.162 e. The molecule has 0 aromatic carbocycles. The van der Waals surface area contributed by atoms with Crippen LogP contribution >= 0.6 is 11.8 Å². The van der Waals surface area contributed by atoms with Crippen LogP contribution in [0.1, 0.15) is 26.2 Å². The van der Waals surface area contributed by atoms with Gasteiger partial charge in [0.25, 0.3) is 0 Å². The molecule has 0 saturated carbocycles. The number of thioether (sulfide) groups is 1. The maximum atomic E-state index is 5.20. The van der Waals surface area contributed by atoms with E-state index >= 15 is 0 Å². The highest BCUT2D eigenvalue weighted by Crippen LogP contribution is 2.05. The molecule has 0 spiro atoms. The molecule has 0 aromatic rings. The molecule has 0 heterocycles. The highest BCUT2D eigenvalue weighted by atomic mass is 32.2. The van der Waals surface area contributed by atoms with Crippen molar-refractivity contribution in [2.45, 2.75) is 26.2 Å². The van der Waals surface area contributed by atoms with Crippen molar-refractivity contribution in [1.29, 1.82) is 0 Å². The van der Waals surface area contributed by atoms with Crippen LogP contribution in [0.15, 0.2) is 6.08 Å². The fraction of sp³-hybridized carbons (Fsp3) is 0.750. The van der Waals surface area contributed by atoms with E-state index in [-0.39, 0.29) is 0 Å².